The van der Waals surface area contributed by atoms with Crippen LogP contribution in [0.5, 0.6) is 11.5 Å². The summed E-state index contributed by atoms with van der Waals surface area (Å²) < 4.78 is 23.1. The summed E-state index contributed by atoms with van der Waals surface area (Å²) >= 11 is 0. The first-order valence-corrected chi connectivity index (χ1v) is 14.6. The molecule has 232 valence electrons. The van der Waals surface area contributed by atoms with Gasteiger partial charge in [-0.05, 0) is 48.7 Å². The van der Waals surface area contributed by atoms with Crippen molar-refractivity contribution in [2.45, 2.75) is 49.7 Å². The van der Waals surface area contributed by atoms with Gasteiger partial charge >= 0.3 is 5.63 Å². The summed E-state index contributed by atoms with van der Waals surface area (Å²) in [5, 5.41) is 34.4. The van der Waals surface area contributed by atoms with Crippen LogP contribution in [0.25, 0.3) is 11.0 Å². The van der Waals surface area contributed by atoms with E-state index in [4.69, 9.17) is 18.6 Å². The Morgan fingerprint density at radius 2 is 1.98 bits per heavy atom. The van der Waals surface area contributed by atoms with Crippen LogP contribution in [-0.2, 0) is 16.1 Å². The lowest BCUT2D eigenvalue weighted by Gasteiger charge is -2.41. The van der Waals surface area contributed by atoms with Crippen LogP contribution >= 0.6 is 0 Å². The maximum Gasteiger partial charge on any atom is 0.349 e. The molecule has 0 bridgehead atoms. The van der Waals surface area contributed by atoms with Crippen molar-refractivity contribution in [1.82, 2.24) is 10.2 Å². The smallest absolute Gasteiger partial charge is 0.349 e. The van der Waals surface area contributed by atoms with E-state index in [0.717, 1.165) is 6.42 Å². The second-order valence-corrected chi connectivity index (χ2v) is 11.1. The number of hydrogen-bond donors (Lipinski definition) is 4. The molecule has 12 nitrogen and oxygen atoms in total. The maximum atomic E-state index is 14.2. The standard InChI is InChI=1S/C32H34N2O10/c1-41-25-12-17(16-36)11-20-26-21(30(38)33-8-9-35)14-23(27(37)29(26)44-28(20)25)34(15-19-6-4-10-42-19)31(39)22-13-18-5-2-3-7-24(18)43-32(22)40/h2-3,5,7,11-14,19,23,26-27,29,35-37H,4,6,8-10,15-16H2,1H3,(H,33,38)/t19-,23+,26-,27-,29-/m0/s1. The summed E-state index contributed by atoms with van der Waals surface area (Å²) in [6, 6.07) is 10.5. The summed E-state index contributed by atoms with van der Waals surface area (Å²) in [4.78, 5) is 42.2. The van der Waals surface area contributed by atoms with Crippen molar-refractivity contribution in [3.8, 4) is 11.5 Å². The van der Waals surface area contributed by atoms with Gasteiger partial charge in [-0.2, -0.15) is 0 Å². The molecule has 1 saturated heterocycles. The van der Waals surface area contributed by atoms with Crippen LogP contribution < -0.4 is 20.4 Å². The van der Waals surface area contributed by atoms with Gasteiger partial charge in [0.05, 0.1) is 38.4 Å². The van der Waals surface area contributed by atoms with E-state index in [2.05, 4.69) is 5.32 Å². The molecule has 3 aliphatic rings. The molecule has 3 heterocycles. The third-order valence-electron chi connectivity index (χ3n) is 8.41. The van der Waals surface area contributed by atoms with E-state index in [0.29, 0.717) is 46.6 Å². The molecule has 4 N–H and O–H groups in total. The Labute approximate surface area is 252 Å². The molecule has 1 aliphatic carbocycles. The first-order valence-electron chi connectivity index (χ1n) is 14.6. The topological polar surface area (TPSA) is 168 Å². The minimum atomic E-state index is -1.35. The highest BCUT2D eigenvalue weighted by Crippen LogP contribution is 2.51. The molecule has 2 aromatic carbocycles. The minimum absolute atomic E-state index is 0.0226. The average molecular weight is 607 g/mol. The van der Waals surface area contributed by atoms with Crippen LogP contribution in [0.15, 0.2) is 63.3 Å². The zero-order chi connectivity index (χ0) is 31.0. The number of fused-ring (bicyclic) bond motifs is 4. The summed E-state index contributed by atoms with van der Waals surface area (Å²) in [5.74, 6) is -1.36. The van der Waals surface area contributed by atoms with Crippen molar-refractivity contribution in [2.24, 2.45) is 0 Å². The number of ether oxygens (including phenoxy) is 3. The van der Waals surface area contributed by atoms with E-state index in [9.17, 15) is 29.7 Å². The lowest BCUT2D eigenvalue weighted by atomic mass is 9.77. The highest BCUT2D eigenvalue weighted by Gasteiger charge is 2.52. The van der Waals surface area contributed by atoms with Crippen molar-refractivity contribution >= 4 is 22.8 Å². The average Bonchev–Trinajstić information content (AvgIpc) is 3.70. The van der Waals surface area contributed by atoms with Crippen molar-refractivity contribution in [3.63, 3.8) is 0 Å². The zero-order valence-electron chi connectivity index (χ0n) is 24.1. The lowest BCUT2D eigenvalue weighted by molar-refractivity contribution is -0.118. The van der Waals surface area contributed by atoms with Crippen molar-refractivity contribution in [3.05, 3.63) is 81.2 Å². The van der Waals surface area contributed by atoms with Gasteiger partial charge in [-0.25, -0.2) is 4.79 Å². The number of carbonyl (C=O) groups is 2. The highest BCUT2D eigenvalue weighted by molar-refractivity contribution is 5.98. The molecule has 1 aromatic heterocycles. The molecule has 0 spiro atoms. The molecule has 0 unspecified atom stereocenters. The Hall–Kier alpha value is -4.23. The zero-order valence-corrected chi connectivity index (χ0v) is 24.1. The Balaban J connectivity index is 1.46. The van der Waals surface area contributed by atoms with E-state index in [1.54, 1.807) is 36.4 Å². The van der Waals surface area contributed by atoms with Gasteiger partial charge < -0.3 is 44.2 Å². The van der Waals surface area contributed by atoms with Crippen molar-refractivity contribution in [1.29, 1.82) is 0 Å². The Morgan fingerprint density at radius 1 is 1.16 bits per heavy atom. The predicted molar refractivity (Wildman–Crippen MR) is 157 cm³/mol. The molecule has 2 amide bonds. The summed E-state index contributed by atoms with van der Waals surface area (Å²) in [6.07, 6.45) is 0.253. The number of amides is 2. The number of methoxy groups -OCH3 is 1. The molecular weight excluding hydrogens is 572 g/mol. The maximum absolute atomic E-state index is 14.2. The van der Waals surface area contributed by atoms with Gasteiger partial charge in [0.2, 0.25) is 5.91 Å². The number of hydrogen-bond acceptors (Lipinski definition) is 10. The molecule has 44 heavy (non-hydrogen) atoms. The van der Waals surface area contributed by atoms with Gasteiger partial charge in [0.15, 0.2) is 11.5 Å². The number of para-hydroxylation sites is 1. The number of nitrogens with zero attached hydrogens (tertiary/aromatic N) is 1. The molecular formula is C32H34N2O10. The van der Waals surface area contributed by atoms with E-state index < -0.39 is 41.6 Å². The third-order valence-corrected chi connectivity index (χ3v) is 8.41. The first kappa shape index (κ1) is 29.8. The summed E-state index contributed by atoms with van der Waals surface area (Å²) in [7, 11) is 1.45. The van der Waals surface area contributed by atoms with Crippen LogP contribution in [0.4, 0.5) is 0 Å². The van der Waals surface area contributed by atoms with Gasteiger partial charge in [-0.1, -0.05) is 18.2 Å². The van der Waals surface area contributed by atoms with E-state index in [1.165, 1.54) is 24.2 Å². The molecule has 1 fully saturated rings. The monoisotopic (exact) mass is 606 g/mol. The van der Waals surface area contributed by atoms with Crippen LogP contribution in [0.1, 0.15) is 40.2 Å². The fourth-order valence-corrected chi connectivity index (χ4v) is 6.33. The summed E-state index contributed by atoms with van der Waals surface area (Å²) in [6.45, 7) is -0.0583. The normalized spacial score (nSPS) is 23.8. The molecule has 0 radical (unpaired) electrons. The molecule has 3 aromatic rings. The van der Waals surface area contributed by atoms with Crippen molar-refractivity contribution < 1.29 is 43.5 Å². The van der Waals surface area contributed by atoms with Crippen LogP contribution in [-0.4, -0.2) is 89.8 Å². The highest BCUT2D eigenvalue weighted by atomic mass is 16.5. The molecule has 12 heteroatoms. The number of rotatable bonds is 9. The van der Waals surface area contributed by atoms with E-state index >= 15 is 0 Å². The van der Waals surface area contributed by atoms with Gasteiger partial charge in [0.25, 0.3) is 5.91 Å². The SMILES string of the molecule is COc1cc(CO)cc2c1O[C@@H]1[C@@H](O)[C@H](N(C[C@@H]3CCCO3)C(=O)c3cc4ccccc4oc3=O)C=C(C(=O)NCCO)[C@H]21. The van der Waals surface area contributed by atoms with Gasteiger partial charge in [-0.15, -0.1) is 0 Å². The fraction of sp³-hybridized carbons (Fsp3) is 0.406. The van der Waals surface area contributed by atoms with Crippen LogP contribution in [0, 0.1) is 0 Å². The fourth-order valence-electron chi connectivity index (χ4n) is 6.33. The van der Waals surface area contributed by atoms with E-state index in [1.807, 2.05) is 0 Å². The minimum Gasteiger partial charge on any atom is -0.493 e. The number of aliphatic hydroxyl groups excluding tert-OH is 3. The Morgan fingerprint density at radius 3 is 2.70 bits per heavy atom. The van der Waals surface area contributed by atoms with Crippen molar-refractivity contribution in [2.75, 3.05) is 33.4 Å². The predicted octanol–water partition coefficient (Wildman–Crippen LogP) is 1.24. The molecule has 6 rings (SSSR count). The Kier molecular flexibility index (Phi) is 8.41. The lowest BCUT2D eigenvalue weighted by Crippen LogP contribution is -2.57. The number of benzene rings is 2. The van der Waals surface area contributed by atoms with E-state index in [-0.39, 0.29) is 43.5 Å². The van der Waals surface area contributed by atoms with Crippen LogP contribution in [0.2, 0.25) is 0 Å². The largest absolute Gasteiger partial charge is 0.493 e. The molecule has 2 aliphatic heterocycles. The summed E-state index contributed by atoms with van der Waals surface area (Å²) in [5.41, 5.74) is 0.537. The quantitative estimate of drug-likeness (QED) is 0.260. The number of nitrogens with one attached hydrogen (secondary N) is 1. The van der Waals surface area contributed by atoms with Gasteiger partial charge in [0, 0.05) is 36.2 Å². The molecule has 0 saturated carbocycles. The Bertz CT molecular complexity index is 1660. The molecule has 5 atom stereocenters. The van der Waals surface area contributed by atoms with Gasteiger partial charge in [0.1, 0.15) is 23.4 Å². The second kappa shape index (κ2) is 12.4. The van der Waals surface area contributed by atoms with Crippen LogP contribution in [0.3, 0.4) is 0 Å². The second-order valence-electron chi connectivity index (χ2n) is 11.1. The third kappa shape index (κ3) is 5.34. The first-order chi connectivity index (χ1) is 21.3. The number of carbonyl (C=O) groups excluding carboxylic acids is 2. The number of aliphatic hydroxyl groups is 3. The van der Waals surface area contributed by atoms with Gasteiger partial charge in [-0.3, -0.25) is 9.59 Å².